The van der Waals surface area contributed by atoms with E-state index in [0.717, 1.165) is 19.5 Å². The molecule has 1 heterocycles. The van der Waals surface area contributed by atoms with Gasteiger partial charge in [0.2, 0.25) is 0 Å². The van der Waals surface area contributed by atoms with Crippen molar-refractivity contribution in [2.75, 3.05) is 18.0 Å². The fourth-order valence-electron chi connectivity index (χ4n) is 2.58. The van der Waals surface area contributed by atoms with Crippen LogP contribution in [-0.4, -0.2) is 19.1 Å². The number of hydrogen-bond acceptors (Lipinski definition) is 2. The number of nitrogens with zero attached hydrogens (tertiary/aromatic N) is 1. The van der Waals surface area contributed by atoms with Crippen LogP contribution in [0.4, 0.5) is 5.69 Å². The molecule has 1 saturated heterocycles. The maximum absolute atomic E-state index is 5.86. The largest absolute Gasteiger partial charge is 0.371 e. The molecule has 1 unspecified atom stereocenters. The Morgan fingerprint density at radius 2 is 2.17 bits per heavy atom. The number of halogens is 1. The summed E-state index contributed by atoms with van der Waals surface area (Å²) in [4.78, 5) is 2.47. The molecule has 1 aromatic carbocycles. The lowest BCUT2D eigenvalue weighted by atomic mass is 9.93. The van der Waals surface area contributed by atoms with E-state index in [1.807, 2.05) is 6.92 Å². The Labute approximate surface area is 119 Å². The number of benzene rings is 1. The highest BCUT2D eigenvalue weighted by Crippen LogP contribution is 2.34. The Morgan fingerprint density at radius 1 is 1.44 bits per heavy atom. The van der Waals surface area contributed by atoms with Crippen LogP contribution in [0.2, 0.25) is 0 Å². The van der Waals surface area contributed by atoms with Gasteiger partial charge in [-0.1, -0.05) is 35.8 Å². The standard InChI is InChI=1S/C15H23BrN2/c1-11(17)8-12-4-5-13(9-14(12)16)18-7-6-15(2,3)10-18/h4-5,9,11H,6-8,10,17H2,1-3H3. The van der Waals surface area contributed by atoms with Gasteiger partial charge in [0, 0.05) is 29.3 Å². The predicted molar refractivity (Wildman–Crippen MR) is 82.1 cm³/mol. The molecule has 0 aliphatic carbocycles. The second kappa shape index (κ2) is 5.22. The average Bonchev–Trinajstić information content (AvgIpc) is 2.61. The molecule has 1 aliphatic heterocycles. The summed E-state index contributed by atoms with van der Waals surface area (Å²) in [5, 5.41) is 0. The molecule has 2 rings (SSSR count). The lowest BCUT2D eigenvalue weighted by Gasteiger charge is -2.22. The maximum Gasteiger partial charge on any atom is 0.0377 e. The summed E-state index contributed by atoms with van der Waals surface area (Å²) in [5.41, 5.74) is 8.92. The van der Waals surface area contributed by atoms with Crippen molar-refractivity contribution in [3.8, 4) is 0 Å². The van der Waals surface area contributed by atoms with E-state index in [2.05, 4.69) is 52.9 Å². The first-order chi connectivity index (χ1) is 8.37. The van der Waals surface area contributed by atoms with Crippen LogP contribution in [0.25, 0.3) is 0 Å². The molecule has 0 saturated carbocycles. The summed E-state index contributed by atoms with van der Waals surface area (Å²) in [7, 11) is 0. The van der Waals surface area contributed by atoms with E-state index in [1.54, 1.807) is 0 Å². The molecule has 1 fully saturated rings. The molecule has 1 aromatic rings. The van der Waals surface area contributed by atoms with Crippen LogP contribution in [0.15, 0.2) is 22.7 Å². The first kappa shape index (κ1) is 13.9. The maximum atomic E-state index is 5.86. The van der Waals surface area contributed by atoms with Crippen LogP contribution < -0.4 is 10.6 Å². The molecule has 1 atom stereocenters. The van der Waals surface area contributed by atoms with E-state index >= 15 is 0 Å². The van der Waals surface area contributed by atoms with E-state index in [0.29, 0.717) is 5.41 Å². The second-order valence-electron chi connectivity index (χ2n) is 6.29. The highest BCUT2D eigenvalue weighted by molar-refractivity contribution is 9.10. The van der Waals surface area contributed by atoms with Crippen LogP contribution in [-0.2, 0) is 6.42 Å². The molecule has 100 valence electrons. The fraction of sp³-hybridized carbons (Fsp3) is 0.600. The van der Waals surface area contributed by atoms with Crippen molar-refractivity contribution >= 4 is 21.6 Å². The Kier molecular flexibility index (Phi) is 4.02. The Bertz CT molecular complexity index is 427. The lowest BCUT2D eigenvalue weighted by molar-refractivity contribution is 0.418. The SMILES string of the molecule is CC(N)Cc1ccc(N2CCC(C)(C)C2)cc1Br. The number of rotatable bonds is 3. The van der Waals surface area contributed by atoms with Crippen LogP contribution in [0, 0.1) is 5.41 Å². The Morgan fingerprint density at radius 3 is 2.67 bits per heavy atom. The average molecular weight is 311 g/mol. The summed E-state index contributed by atoms with van der Waals surface area (Å²) < 4.78 is 1.18. The van der Waals surface area contributed by atoms with Crippen molar-refractivity contribution in [1.82, 2.24) is 0 Å². The molecule has 2 nitrogen and oxygen atoms in total. The minimum absolute atomic E-state index is 0.206. The van der Waals surface area contributed by atoms with Gasteiger partial charge >= 0.3 is 0 Å². The molecule has 1 aliphatic rings. The van der Waals surface area contributed by atoms with Crippen molar-refractivity contribution in [2.45, 2.75) is 39.7 Å². The van der Waals surface area contributed by atoms with Gasteiger partial charge in [0.1, 0.15) is 0 Å². The third-order valence-corrected chi connectivity index (χ3v) is 4.36. The molecule has 2 N–H and O–H groups in total. The zero-order valence-electron chi connectivity index (χ0n) is 11.5. The van der Waals surface area contributed by atoms with Gasteiger partial charge in [-0.25, -0.2) is 0 Å². The van der Waals surface area contributed by atoms with Crippen LogP contribution >= 0.6 is 15.9 Å². The number of nitrogens with two attached hydrogens (primary N) is 1. The van der Waals surface area contributed by atoms with Crippen LogP contribution in [0.5, 0.6) is 0 Å². The molecule has 18 heavy (non-hydrogen) atoms. The van der Waals surface area contributed by atoms with Gasteiger partial charge in [0.15, 0.2) is 0 Å². The second-order valence-corrected chi connectivity index (χ2v) is 7.15. The molecular formula is C15H23BrN2. The third kappa shape index (κ3) is 3.27. The minimum atomic E-state index is 0.206. The van der Waals surface area contributed by atoms with E-state index in [9.17, 15) is 0 Å². The van der Waals surface area contributed by atoms with Gasteiger partial charge in [0.05, 0.1) is 0 Å². The quantitative estimate of drug-likeness (QED) is 0.924. The fourth-order valence-corrected chi connectivity index (χ4v) is 3.11. The molecule has 0 aromatic heterocycles. The summed E-state index contributed by atoms with van der Waals surface area (Å²) in [6.07, 6.45) is 2.19. The molecule has 0 bridgehead atoms. The van der Waals surface area contributed by atoms with Crippen molar-refractivity contribution in [1.29, 1.82) is 0 Å². The van der Waals surface area contributed by atoms with E-state index in [4.69, 9.17) is 5.73 Å². The molecule has 0 radical (unpaired) electrons. The Balaban J connectivity index is 2.14. The normalized spacial score (nSPS) is 20.2. The summed E-state index contributed by atoms with van der Waals surface area (Å²) in [6.45, 7) is 9.03. The first-order valence-corrected chi connectivity index (χ1v) is 7.46. The van der Waals surface area contributed by atoms with E-state index in [1.165, 1.54) is 22.1 Å². The highest BCUT2D eigenvalue weighted by atomic mass is 79.9. The minimum Gasteiger partial charge on any atom is -0.371 e. The number of anilines is 1. The molecule has 0 spiro atoms. The lowest BCUT2D eigenvalue weighted by Crippen LogP contribution is -2.23. The van der Waals surface area contributed by atoms with E-state index < -0.39 is 0 Å². The summed E-state index contributed by atoms with van der Waals surface area (Å²) >= 11 is 3.67. The zero-order valence-corrected chi connectivity index (χ0v) is 13.1. The van der Waals surface area contributed by atoms with Crippen LogP contribution in [0.1, 0.15) is 32.8 Å². The van der Waals surface area contributed by atoms with Gasteiger partial charge in [-0.05, 0) is 42.9 Å². The van der Waals surface area contributed by atoms with Crippen molar-refractivity contribution in [2.24, 2.45) is 11.1 Å². The molecular weight excluding hydrogens is 288 g/mol. The predicted octanol–water partition coefficient (Wildman–Crippen LogP) is 3.58. The van der Waals surface area contributed by atoms with Gasteiger partial charge in [-0.2, -0.15) is 0 Å². The summed E-state index contributed by atoms with van der Waals surface area (Å²) in [5.74, 6) is 0. The van der Waals surface area contributed by atoms with Crippen molar-refractivity contribution in [3.63, 3.8) is 0 Å². The summed E-state index contributed by atoms with van der Waals surface area (Å²) in [6, 6.07) is 6.87. The topological polar surface area (TPSA) is 29.3 Å². The highest BCUT2D eigenvalue weighted by Gasteiger charge is 2.29. The van der Waals surface area contributed by atoms with Crippen molar-refractivity contribution < 1.29 is 0 Å². The smallest absolute Gasteiger partial charge is 0.0377 e. The monoisotopic (exact) mass is 310 g/mol. The van der Waals surface area contributed by atoms with E-state index in [-0.39, 0.29) is 6.04 Å². The van der Waals surface area contributed by atoms with Crippen molar-refractivity contribution in [3.05, 3.63) is 28.2 Å². The number of hydrogen-bond donors (Lipinski definition) is 1. The molecule has 3 heteroatoms. The Hall–Kier alpha value is -0.540. The van der Waals surface area contributed by atoms with Gasteiger partial charge in [0.25, 0.3) is 0 Å². The van der Waals surface area contributed by atoms with Gasteiger partial charge < -0.3 is 10.6 Å². The third-order valence-electron chi connectivity index (χ3n) is 3.62. The van der Waals surface area contributed by atoms with Gasteiger partial charge in [-0.15, -0.1) is 0 Å². The zero-order chi connectivity index (χ0) is 13.3. The first-order valence-electron chi connectivity index (χ1n) is 6.66. The molecule has 0 amide bonds. The van der Waals surface area contributed by atoms with Crippen LogP contribution in [0.3, 0.4) is 0 Å². The van der Waals surface area contributed by atoms with Gasteiger partial charge in [-0.3, -0.25) is 0 Å².